The van der Waals surface area contributed by atoms with E-state index in [0.717, 1.165) is 10.9 Å². The van der Waals surface area contributed by atoms with Gasteiger partial charge in [0.1, 0.15) is 0 Å². The summed E-state index contributed by atoms with van der Waals surface area (Å²) in [4.78, 5) is 11.3. The molecule has 0 heterocycles. The molecule has 3 nitrogen and oxygen atoms in total. The van der Waals surface area contributed by atoms with Crippen LogP contribution in [0.25, 0.3) is 0 Å². The number of nitrogens with one attached hydrogen (secondary N) is 1. The molecule has 0 aliphatic heterocycles. The maximum atomic E-state index is 11.3. The van der Waals surface area contributed by atoms with E-state index >= 15 is 0 Å². The van der Waals surface area contributed by atoms with Crippen LogP contribution < -0.4 is 11.1 Å². The van der Waals surface area contributed by atoms with E-state index in [-0.39, 0.29) is 11.8 Å². The van der Waals surface area contributed by atoms with Gasteiger partial charge >= 0.3 is 0 Å². The van der Waals surface area contributed by atoms with E-state index in [2.05, 4.69) is 27.8 Å². The molecular weight excluding hydrogens is 232 g/mol. The highest BCUT2D eigenvalue weighted by Gasteiger charge is 2.18. The predicted molar refractivity (Wildman–Crippen MR) is 58.5 cm³/mol. The monoisotopic (exact) mass is 248 g/mol. The van der Waals surface area contributed by atoms with Gasteiger partial charge in [0.2, 0.25) is 5.91 Å². The molecule has 76 valence electrons. The molecule has 2 atom stereocenters. The van der Waals surface area contributed by atoms with E-state index < -0.39 is 6.04 Å². The topological polar surface area (TPSA) is 55.1 Å². The smallest absolute Gasteiger partial charge is 0.237 e. The van der Waals surface area contributed by atoms with Gasteiger partial charge in [0.25, 0.3) is 0 Å². The number of amides is 1. The van der Waals surface area contributed by atoms with Crippen LogP contribution in [-0.2, 0) is 4.79 Å². The summed E-state index contributed by atoms with van der Waals surface area (Å²) in [5, 5.41) is 2.69. The third kappa shape index (κ3) is 5.05. The molecule has 0 saturated carbocycles. The maximum absolute atomic E-state index is 11.3. The predicted octanol–water partition coefficient (Wildman–Crippen LogP) is 1.38. The fourth-order valence-electron chi connectivity index (χ4n) is 0.813. The zero-order valence-electron chi connectivity index (χ0n) is 8.14. The van der Waals surface area contributed by atoms with Crippen LogP contribution in [0.3, 0.4) is 0 Å². The van der Waals surface area contributed by atoms with E-state index in [1.54, 1.807) is 0 Å². The van der Waals surface area contributed by atoms with Gasteiger partial charge < -0.3 is 11.1 Å². The summed E-state index contributed by atoms with van der Waals surface area (Å²) in [6.07, 6.45) is 0.907. The lowest BCUT2D eigenvalue weighted by molar-refractivity contribution is -0.123. The second-order valence-corrected chi connectivity index (χ2v) is 4.27. The molecule has 4 heteroatoms. The summed E-state index contributed by atoms with van der Waals surface area (Å²) in [5.41, 5.74) is 5.70. The Morgan fingerprint density at radius 3 is 2.62 bits per heavy atom. The van der Waals surface area contributed by atoms with Crippen molar-refractivity contribution in [2.24, 2.45) is 11.7 Å². The molecule has 1 amide bonds. The molecule has 0 bridgehead atoms. The van der Waals surface area contributed by atoms with Gasteiger partial charge in [0, 0.05) is 11.0 Å². The minimum atomic E-state index is -0.420. The summed E-state index contributed by atoms with van der Waals surface area (Å²) < 4.78 is 0.747. The van der Waals surface area contributed by atoms with Crippen molar-refractivity contribution >= 4 is 21.8 Å². The Labute approximate surface area is 87.9 Å². The van der Waals surface area contributed by atoms with E-state index in [0.29, 0.717) is 6.54 Å². The SMILES string of the molecule is C=C(Br)CNC(=O)[C@@H](N)C(C)CC. The van der Waals surface area contributed by atoms with E-state index in [1.165, 1.54) is 0 Å². The van der Waals surface area contributed by atoms with Gasteiger partial charge in [-0.15, -0.1) is 0 Å². The zero-order valence-corrected chi connectivity index (χ0v) is 9.73. The molecule has 13 heavy (non-hydrogen) atoms. The maximum Gasteiger partial charge on any atom is 0.237 e. The molecule has 0 saturated heterocycles. The lowest BCUT2D eigenvalue weighted by Crippen LogP contribution is -2.44. The van der Waals surface area contributed by atoms with Crippen molar-refractivity contribution in [2.75, 3.05) is 6.54 Å². The molecule has 0 aliphatic carbocycles. The Bertz CT molecular complexity index is 194. The van der Waals surface area contributed by atoms with Gasteiger partial charge in [-0.3, -0.25) is 4.79 Å². The van der Waals surface area contributed by atoms with Crippen LogP contribution in [-0.4, -0.2) is 18.5 Å². The molecule has 0 aromatic carbocycles. The second kappa shape index (κ2) is 6.16. The van der Waals surface area contributed by atoms with Crippen molar-refractivity contribution in [2.45, 2.75) is 26.3 Å². The van der Waals surface area contributed by atoms with Crippen molar-refractivity contribution < 1.29 is 4.79 Å². The zero-order chi connectivity index (χ0) is 10.4. The average Bonchev–Trinajstić information content (AvgIpc) is 2.11. The summed E-state index contributed by atoms with van der Waals surface area (Å²) in [6.45, 7) is 8.03. The minimum absolute atomic E-state index is 0.116. The lowest BCUT2D eigenvalue weighted by Gasteiger charge is -2.17. The van der Waals surface area contributed by atoms with Crippen LogP contribution in [0.2, 0.25) is 0 Å². The highest BCUT2D eigenvalue weighted by atomic mass is 79.9. The lowest BCUT2D eigenvalue weighted by atomic mass is 9.99. The quantitative estimate of drug-likeness (QED) is 0.773. The normalized spacial score (nSPS) is 14.8. The van der Waals surface area contributed by atoms with Gasteiger partial charge in [0.15, 0.2) is 0 Å². The first kappa shape index (κ1) is 12.7. The van der Waals surface area contributed by atoms with Crippen molar-refractivity contribution in [1.82, 2.24) is 5.32 Å². The van der Waals surface area contributed by atoms with Crippen molar-refractivity contribution in [3.8, 4) is 0 Å². The van der Waals surface area contributed by atoms with Gasteiger partial charge in [-0.1, -0.05) is 42.8 Å². The Morgan fingerprint density at radius 2 is 2.23 bits per heavy atom. The molecule has 0 aliphatic rings. The van der Waals surface area contributed by atoms with Crippen molar-refractivity contribution in [3.63, 3.8) is 0 Å². The fourth-order valence-corrected chi connectivity index (χ4v) is 0.953. The van der Waals surface area contributed by atoms with Gasteiger partial charge in [-0.05, 0) is 5.92 Å². The van der Waals surface area contributed by atoms with E-state index in [1.807, 2.05) is 13.8 Å². The van der Waals surface area contributed by atoms with E-state index in [4.69, 9.17) is 5.73 Å². The molecule has 0 radical (unpaired) electrons. The fraction of sp³-hybridized carbons (Fsp3) is 0.667. The molecule has 1 unspecified atom stereocenters. The number of carbonyl (C=O) groups is 1. The van der Waals surface area contributed by atoms with Crippen LogP contribution in [0.1, 0.15) is 20.3 Å². The highest BCUT2D eigenvalue weighted by Crippen LogP contribution is 2.05. The van der Waals surface area contributed by atoms with Crippen LogP contribution in [0, 0.1) is 5.92 Å². The number of hydrogen-bond donors (Lipinski definition) is 2. The van der Waals surface area contributed by atoms with Gasteiger partial charge in [-0.25, -0.2) is 0 Å². The van der Waals surface area contributed by atoms with Gasteiger partial charge in [-0.2, -0.15) is 0 Å². The standard InChI is InChI=1S/C9H17BrN2O/c1-4-6(2)8(11)9(13)12-5-7(3)10/h6,8H,3-5,11H2,1-2H3,(H,12,13)/t6?,8-/m0/s1. The largest absolute Gasteiger partial charge is 0.350 e. The highest BCUT2D eigenvalue weighted by molar-refractivity contribution is 9.11. The van der Waals surface area contributed by atoms with E-state index in [9.17, 15) is 4.79 Å². The molecular formula is C9H17BrN2O. The van der Waals surface area contributed by atoms with Crippen LogP contribution >= 0.6 is 15.9 Å². The number of halogens is 1. The Kier molecular flexibility index (Phi) is 5.99. The van der Waals surface area contributed by atoms with Crippen LogP contribution in [0.5, 0.6) is 0 Å². The third-order valence-electron chi connectivity index (χ3n) is 2.01. The van der Waals surface area contributed by atoms with Crippen molar-refractivity contribution in [3.05, 3.63) is 11.1 Å². The number of rotatable bonds is 5. The Hall–Kier alpha value is -0.350. The third-order valence-corrected chi connectivity index (χ3v) is 2.29. The first-order chi connectivity index (χ1) is 5.99. The first-order valence-electron chi connectivity index (χ1n) is 4.35. The second-order valence-electron chi connectivity index (χ2n) is 3.15. The first-order valence-corrected chi connectivity index (χ1v) is 5.14. The number of hydrogen-bond acceptors (Lipinski definition) is 2. The van der Waals surface area contributed by atoms with Gasteiger partial charge in [0.05, 0.1) is 6.04 Å². The molecule has 3 N–H and O–H groups in total. The molecule has 0 fully saturated rings. The Morgan fingerprint density at radius 1 is 1.69 bits per heavy atom. The Balaban J connectivity index is 3.89. The van der Waals surface area contributed by atoms with Crippen LogP contribution in [0.15, 0.2) is 11.1 Å². The summed E-state index contributed by atoms with van der Waals surface area (Å²) in [5.74, 6) is 0.0959. The summed E-state index contributed by atoms with van der Waals surface area (Å²) in [6, 6.07) is -0.420. The molecule has 0 spiro atoms. The van der Waals surface area contributed by atoms with Crippen molar-refractivity contribution in [1.29, 1.82) is 0 Å². The molecule has 0 aromatic heterocycles. The van der Waals surface area contributed by atoms with Crippen LogP contribution in [0.4, 0.5) is 0 Å². The number of nitrogens with two attached hydrogens (primary N) is 1. The number of carbonyl (C=O) groups excluding carboxylic acids is 1. The summed E-state index contributed by atoms with van der Waals surface area (Å²) in [7, 11) is 0. The molecule has 0 rings (SSSR count). The average molecular weight is 249 g/mol. The molecule has 0 aromatic rings. The summed E-state index contributed by atoms with van der Waals surface area (Å²) >= 11 is 3.16. The minimum Gasteiger partial charge on any atom is -0.350 e.